The fraction of sp³-hybridized carbons (Fsp3) is 0.190. The van der Waals surface area contributed by atoms with Crippen LogP contribution in [-0.4, -0.2) is 15.5 Å². The molecule has 1 aromatic heterocycles. The van der Waals surface area contributed by atoms with E-state index in [9.17, 15) is 9.90 Å². The van der Waals surface area contributed by atoms with Gasteiger partial charge in [0.05, 0.1) is 6.61 Å². The van der Waals surface area contributed by atoms with Crippen LogP contribution in [0.25, 0.3) is 17.0 Å². The molecule has 0 spiro atoms. The van der Waals surface area contributed by atoms with E-state index in [-0.39, 0.29) is 12.4 Å². The quantitative estimate of drug-likeness (QED) is 0.729. The predicted octanol–water partition coefficient (Wildman–Crippen LogP) is 3.88. The van der Waals surface area contributed by atoms with E-state index in [4.69, 9.17) is 0 Å². The number of hydrogen-bond donors (Lipinski definition) is 1. The summed E-state index contributed by atoms with van der Waals surface area (Å²) in [5, 5.41) is 10.5. The number of carbonyl (C=O) groups excluding carboxylic acids is 1. The lowest BCUT2D eigenvalue weighted by molar-refractivity contribution is 0.102. The summed E-state index contributed by atoms with van der Waals surface area (Å²) in [4.78, 5) is 12.8. The Morgan fingerprint density at radius 2 is 2.00 bits per heavy atom. The molecule has 120 valence electrons. The Bertz CT molecular complexity index is 979. The predicted molar refractivity (Wildman–Crippen MR) is 95.9 cm³/mol. The van der Waals surface area contributed by atoms with Crippen LogP contribution < -0.4 is 0 Å². The lowest BCUT2D eigenvalue weighted by atomic mass is 9.85. The van der Waals surface area contributed by atoms with Crippen LogP contribution in [0.3, 0.4) is 0 Å². The third-order valence-corrected chi connectivity index (χ3v) is 4.81. The van der Waals surface area contributed by atoms with E-state index in [1.54, 1.807) is 0 Å². The van der Waals surface area contributed by atoms with Crippen LogP contribution in [0.1, 0.15) is 33.5 Å². The summed E-state index contributed by atoms with van der Waals surface area (Å²) >= 11 is 0. The highest BCUT2D eigenvalue weighted by atomic mass is 16.3. The van der Waals surface area contributed by atoms with Gasteiger partial charge >= 0.3 is 0 Å². The standard InChI is InChI=1S/C21H19NO2/c1-22-9-8-17-5-2-14(12-20(17)22)10-18-7-6-16-4-3-15(13-23)11-19(16)21(18)24/h2-5,8-12,23H,6-7,13H2,1H3/b18-10+. The first-order valence-corrected chi connectivity index (χ1v) is 8.19. The fourth-order valence-electron chi connectivity index (χ4n) is 3.42. The maximum Gasteiger partial charge on any atom is 0.189 e. The molecule has 0 bridgehead atoms. The van der Waals surface area contributed by atoms with Crippen molar-refractivity contribution in [1.29, 1.82) is 0 Å². The number of aliphatic hydroxyl groups is 1. The van der Waals surface area contributed by atoms with Gasteiger partial charge < -0.3 is 9.67 Å². The minimum absolute atomic E-state index is 0.0379. The number of ketones is 1. The normalized spacial score (nSPS) is 15.9. The summed E-state index contributed by atoms with van der Waals surface area (Å²) in [6, 6.07) is 14.0. The fourth-order valence-corrected chi connectivity index (χ4v) is 3.42. The van der Waals surface area contributed by atoms with Crippen molar-refractivity contribution in [2.24, 2.45) is 7.05 Å². The van der Waals surface area contributed by atoms with Crippen LogP contribution >= 0.6 is 0 Å². The maximum atomic E-state index is 12.8. The zero-order valence-corrected chi connectivity index (χ0v) is 13.6. The number of benzene rings is 2. The number of carbonyl (C=O) groups is 1. The Hall–Kier alpha value is -2.65. The van der Waals surface area contributed by atoms with Crippen molar-refractivity contribution in [3.05, 3.63) is 76.5 Å². The highest BCUT2D eigenvalue weighted by Crippen LogP contribution is 2.28. The first-order chi connectivity index (χ1) is 11.7. The number of aromatic nitrogens is 1. The Balaban J connectivity index is 1.74. The zero-order chi connectivity index (χ0) is 16.7. The van der Waals surface area contributed by atoms with Crippen molar-refractivity contribution in [3.63, 3.8) is 0 Å². The number of allylic oxidation sites excluding steroid dienone is 1. The summed E-state index contributed by atoms with van der Waals surface area (Å²) < 4.78 is 2.09. The maximum absolute atomic E-state index is 12.8. The SMILES string of the molecule is Cn1ccc2ccc(/C=C3\CCc4ccc(CO)cc4C3=O)cc21. The van der Waals surface area contributed by atoms with Crippen LogP contribution in [-0.2, 0) is 20.1 Å². The molecule has 1 aliphatic carbocycles. The van der Waals surface area contributed by atoms with Crippen molar-refractivity contribution in [3.8, 4) is 0 Å². The average Bonchev–Trinajstić information content (AvgIpc) is 2.98. The van der Waals surface area contributed by atoms with Crippen molar-refractivity contribution in [2.75, 3.05) is 0 Å². The van der Waals surface area contributed by atoms with Crippen molar-refractivity contribution in [1.82, 2.24) is 4.57 Å². The Kier molecular flexibility index (Phi) is 3.58. The number of Topliss-reactive ketones (excluding diaryl/α,β-unsaturated/α-hetero) is 1. The monoisotopic (exact) mass is 317 g/mol. The van der Waals surface area contributed by atoms with Gasteiger partial charge in [0.15, 0.2) is 5.78 Å². The van der Waals surface area contributed by atoms with Gasteiger partial charge in [-0.25, -0.2) is 0 Å². The molecular formula is C21H19NO2. The molecule has 0 atom stereocenters. The number of aryl methyl sites for hydroxylation is 2. The highest BCUT2D eigenvalue weighted by molar-refractivity contribution is 6.13. The van der Waals surface area contributed by atoms with Gasteiger partial charge in [-0.15, -0.1) is 0 Å². The van der Waals surface area contributed by atoms with Crippen LogP contribution in [0.4, 0.5) is 0 Å². The summed E-state index contributed by atoms with van der Waals surface area (Å²) in [5.41, 5.74) is 5.65. The largest absolute Gasteiger partial charge is 0.392 e. The number of hydrogen-bond acceptors (Lipinski definition) is 2. The number of fused-ring (bicyclic) bond motifs is 2. The first-order valence-electron chi connectivity index (χ1n) is 8.19. The molecule has 0 fully saturated rings. The first kappa shape index (κ1) is 14.9. The van der Waals surface area contributed by atoms with Gasteiger partial charge in [0, 0.05) is 29.9 Å². The minimum Gasteiger partial charge on any atom is -0.392 e. The second-order valence-corrected chi connectivity index (χ2v) is 6.39. The Morgan fingerprint density at radius 1 is 1.12 bits per heavy atom. The third-order valence-electron chi connectivity index (χ3n) is 4.81. The summed E-state index contributed by atoms with van der Waals surface area (Å²) in [5.74, 6) is 0.0820. The molecular weight excluding hydrogens is 298 g/mol. The molecule has 1 aliphatic rings. The molecule has 3 heteroatoms. The van der Waals surface area contributed by atoms with E-state index in [2.05, 4.69) is 28.8 Å². The zero-order valence-electron chi connectivity index (χ0n) is 13.6. The molecule has 2 aromatic carbocycles. The van der Waals surface area contributed by atoms with Gasteiger partial charge in [-0.3, -0.25) is 4.79 Å². The lowest BCUT2D eigenvalue weighted by Gasteiger charge is -2.18. The van der Waals surface area contributed by atoms with Crippen LogP contribution in [0.2, 0.25) is 0 Å². The molecule has 3 aromatic rings. The Labute approximate surface area is 140 Å². The summed E-state index contributed by atoms with van der Waals surface area (Å²) in [6.45, 7) is -0.0379. The van der Waals surface area contributed by atoms with Gasteiger partial charge in [-0.1, -0.05) is 24.3 Å². The van der Waals surface area contributed by atoms with Gasteiger partial charge in [0.25, 0.3) is 0 Å². The van der Waals surface area contributed by atoms with Crippen molar-refractivity contribution < 1.29 is 9.90 Å². The van der Waals surface area contributed by atoms with Gasteiger partial charge in [0.2, 0.25) is 0 Å². The molecule has 0 saturated heterocycles. The van der Waals surface area contributed by atoms with Gasteiger partial charge in [-0.05, 0) is 59.2 Å². The van der Waals surface area contributed by atoms with E-state index in [0.717, 1.165) is 46.2 Å². The molecule has 0 radical (unpaired) electrons. The molecule has 0 unspecified atom stereocenters. The molecule has 24 heavy (non-hydrogen) atoms. The summed E-state index contributed by atoms with van der Waals surface area (Å²) in [7, 11) is 2.03. The van der Waals surface area contributed by atoms with E-state index in [1.807, 2.05) is 37.5 Å². The minimum atomic E-state index is -0.0379. The van der Waals surface area contributed by atoms with Crippen molar-refractivity contribution in [2.45, 2.75) is 19.4 Å². The average molecular weight is 317 g/mol. The molecule has 0 saturated carbocycles. The van der Waals surface area contributed by atoms with Crippen LogP contribution in [0.5, 0.6) is 0 Å². The number of rotatable bonds is 2. The van der Waals surface area contributed by atoms with E-state index < -0.39 is 0 Å². The smallest absolute Gasteiger partial charge is 0.189 e. The topological polar surface area (TPSA) is 42.2 Å². The van der Waals surface area contributed by atoms with E-state index >= 15 is 0 Å². The molecule has 0 amide bonds. The highest BCUT2D eigenvalue weighted by Gasteiger charge is 2.22. The van der Waals surface area contributed by atoms with Crippen LogP contribution in [0, 0.1) is 0 Å². The third kappa shape index (κ3) is 2.47. The van der Waals surface area contributed by atoms with E-state index in [1.165, 1.54) is 5.39 Å². The molecule has 1 N–H and O–H groups in total. The molecule has 3 nitrogen and oxygen atoms in total. The van der Waals surface area contributed by atoms with Gasteiger partial charge in [0.1, 0.15) is 0 Å². The lowest BCUT2D eigenvalue weighted by Crippen LogP contribution is -2.14. The number of nitrogens with zero attached hydrogens (tertiary/aromatic N) is 1. The second-order valence-electron chi connectivity index (χ2n) is 6.39. The summed E-state index contributed by atoms with van der Waals surface area (Å²) in [6.07, 6.45) is 5.67. The van der Waals surface area contributed by atoms with E-state index in [0.29, 0.717) is 0 Å². The number of aliphatic hydroxyl groups excluding tert-OH is 1. The molecule has 0 aliphatic heterocycles. The van der Waals surface area contributed by atoms with Gasteiger partial charge in [-0.2, -0.15) is 0 Å². The Morgan fingerprint density at radius 3 is 2.83 bits per heavy atom. The van der Waals surface area contributed by atoms with Crippen LogP contribution in [0.15, 0.2) is 54.2 Å². The molecule has 1 heterocycles. The van der Waals surface area contributed by atoms with Crippen molar-refractivity contribution >= 4 is 22.8 Å². The molecule has 4 rings (SSSR count). The second kappa shape index (κ2) is 5.77.